The number of aliphatic carboxylic acids is 1. The molecule has 0 aliphatic rings. The Kier molecular flexibility index (Phi) is 6.48. The van der Waals surface area contributed by atoms with Gasteiger partial charge in [0.25, 0.3) is 0 Å². The number of nitrogen functional groups attached to an aromatic ring is 1. The van der Waals surface area contributed by atoms with E-state index in [4.69, 9.17) is 10.8 Å². The third kappa shape index (κ3) is 6.03. The standard InChI is InChI=1S/C14H22N2O4S/c1-2-10-21(19,20)11-9-16(8-7-14(17)18)13-6-4-3-5-12(13)15/h3-6H,2,7-11,15H2,1H3,(H,17,18). The fourth-order valence-corrected chi connectivity index (χ4v) is 3.35. The number of para-hydroxylation sites is 2. The number of sulfone groups is 1. The molecule has 1 aromatic carbocycles. The molecule has 0 saturated heterocycles. The van der Waals surface area contributed by atoms with Crippen molar-refractivity contribution in [2.75, 3.05) is 35.2 Å². The Morgan fingerprint density at radius 2 is 1.90 bits per heavy atom. The van der Waals surface area contributed by atoms with Crippen LogP contribution in [0.4, 0.5) is 11.4 Å². The van der Waals surface area contributed by atoms with Crippen molar-refractivity contribution in [1.29, 1.82) is 0 Å². The largest absolute Gasteiger partial charge is 0.481 e. The summed E-state index contributed by atoms with van der Waals surface area (Å²) in [6, 6.07) is 7.05. The molecule has 0 aliphatic carbocycles. The van der Waals surface area contributed by atoms with Crippen molar-refractivity contribution in [2.45, 2.75) is 19.8 Å². The smallest absolute Gasteiger partial charge is 0.305 e. The number of rotatable bonds is 9. The first-order chi connectivity index (χ1) is 9.85. The molecule has 0 spiro atoms. The van der Waals surface area contributed by atoms with Crippen molar-refractivity contribution in [3.05, 3.63) is 24.3 Å². The maximum atomic E-state index is 11.8. The Bertz CT molecular complexity index is 572. The molecule has 6 nitrogen and oxygen atoms in total. The topological polar surface area (TPSA) is 101 Å². The maximum Gasteiger partial charge on any atom is 0.305 e. The Morgan fingerprint density at radius 3 is 2.48 bits per heavy atom. The predicted octanol–water partition coefficient (Wildman–Crippen LogP) is 1.37. The number of nitrogens with two attached hydrogens (primary N) is 1. The van der Waals surface area contributed by atoms with E-state index in [1.807, 2.05) is 6.92 Å². The van der Waals surface area contributed by atoms with Crippen LogP contribution in [0.3, 0.4) is 0 Å². The van der Waals surface area contributed by atoms with Crippen molar-refractivity contribution in [1.82, 2.24) is 0 Å². The van der Waals surface area contributed by atoms with Crippen LogP contribution in [0.5, 0.6) is 0 Å². The zero-order chi connectivity index (χ0) is 15.9. The summed E-state index contributed by atoms with van der Waals surface area (Å²) in [7, 11) is -3.12. The number of carboxylic acids is 1. The molecule has 0 aliphatic heterocycles. The highest BCUT2D eigenvalue weighted by atomic mass is 32.2. The minimum Gasteiger partial charge on any atom is -0.481 e. The van der Waals surface area contributed by atoms with Crippen LogP contribution in [0, 0.1) is 0 Å². The Labute approximate surface area is 125 Å². The number of hydrogen-bond donors (Lipinski definition) is 2. The summed E-state index contributed by atoms with van der Waals surface area (Å²) >= 11 is 0. The van der Waals surface area contributed by atoms with Crippen LogP contribution < -0.4 is 10.6 Å². The van der Waals surface area contributed by atoms with Crippen LogP contribution in [-0.4, -0.2) is 44.1 Å². The molecule has 1 rings (SSSR count). The fraction of sp³-hybridized carbons (Fsp3) is 0.500. The monoisotopic (exact) mass is 314 g/mol. The van der Waals surface area contributed by atoms with E-state index in [0.29, 0.717) is 17.8 Å². The molecular weight excluding hydrogens is 292 g/mol. The average Bonchev–Trinajstić information content (AvgIpc) is 2.39. The van der Waals surface area contributed by atoms with Crippen LogP contribution in [0.1, 0.15) is 19.8 Å². The summed E-state index contributed by atoms with van der Waals surface area (Å²) in [4.78, 5) is 12.5. The van der Waals surface area contributed by atoms with Crippen LogP contribution in [0.25, 0.3) is 0 Å². The SMILES string of the molecule is CCCS(=O)(=O)CCN(CCC(=O)O)c1ccccc1N. The van der Waals surface area contributed by atoms with Crippen LogP contribution in [-0.2, 0) is 14.6 Å². The van der Waals surface area contributed by atoms with E-state index in [-0.39, 0.29) is 31.0 Å². The van der Waals surface area contributed by atoms with Gasteiger partial charge in [-0.3, -0.25) is 4.79 Å². The minimum atomic E-state index is -3.12. The number of hydrogen-bond acceptors (Lipinski definition) is 5. The van der Waals surface area contributed by atoms with Gasteiger partial charge in [-0.15, -0.1) is 0 Å². The van der Waals surface area contributed by atoms with Crippen molar-refractivity contribution >= 4 is 27.2 Å². The van der Waals surface area contributed by atoms with E-state index in [0.717, 1.165) is 0 Å². The van der Waals surface area contributed by atoms with E-state index in [9.17, 15) is 13.2 Å². The fourth-order valence-electron chi connectivity index (χ4n) is 2.02. The van der Waals surface area contributed by atoms with Gasteiger partial charge < -0.3 is 15.7 Å². The number of benzene rings is 1. The Morgan fingerprint density at radius 1 is 1.24 bits per heavy atom. The van der Waals surface area contributed by atoms with Gasteiger partial charge in [-0.1, -0.05) is 19.1 Å². The summed E-state index contributed by atoms with van der Waals surface area (Å²) in [5.74, 6) is -0.787. The van der Waals surface area contributed by atoms with Gasteiger partial charge in [0, 0.05) is 18.8 Å². The quantitative estimate of drug-likeness (QED) is 0.668. The Balaban J connectivity index is 2.83. The molecule has 0 radical (unpaired) electrons. The second-order valence-electron chi connectivity index (χ2n) is 4.84. The maximum absolute atomic E-state index is 11.8. The van der Waals surface area contributed by atoms with Crippen molar-refractivity contribution in [2.24, 2.45) is 0 Å². The zero-order valence-electron chi connectivity index (χ0n) is 12.2. The van der Waals surface area contributed by atoms with E-state index in [2.05, 4.69) is 0 Å². The van der Waals surface area contributed by atoms with Crippen molar-refractivity contribution in [3.8, 4) is 0 Å². The number of anilines is 2. The minimum absolute atomic E-state index is 0.00517. The van der Waals surface area contributed by atoms with Gasteiger partial charge >= 0.3 is 5.97 Å². The summed E-state index contributed by atoms with van der Waals surface area (Å²) in [6.07, 6.45) is 0.507. The van der Waals surface area contributed by atoms with Gasteiger partial charge in [-0.25, -0.2) is 8.42 Å². The zero-order valence-corrected chi connectivity index (χ0v) is 13.0. The molecule has 0 heterocycles. The van der Waals surface area contributed by atoms with Crippen LogP contribution >= 0.6 is 0 Å². The highest BCUT2D eigenvalue weighted by molar-refractivity contribution is 7.91. The molecular formula is C14H22N2O4S. The second-order valence-corrected chi connectivity index (χ2v) is 7.15. The molecule has 0 atom stereocenters. The van der Waals surface area contributed by atoms with E-state index in [1.54, 1.807) is 29.2 Å². The van der Waals surface area contributed by atoms with Gasteiger partial charge in [0.15, 0.2) is 9.84 Å². The van der Waals surface area contributed by atoms with E-state index < -0.39 is 15.8 Å². The third-order valence-corrected chi connectivity index (χ3v) is 4.90. The summed E-state index contributed by atoms with van der Waals surface area (Å²) in [5.41, 5.74) is 7.07. The normalized spacial score (nSPS) is 11.3. The molecule has 0 fully saturated rings. The first-order valence-electron chi connectivity index (χ1n) is 6.87. The molecule has 0 aromatic heterocycles. The van der Waals surface area contributed by atoms with Gasteiger partial charge in [0.1, 0.15) is 0 Å². The van der Waals surface area contributed by atoms with Crippen molar-refractivity contribution < 1.29 is 18.3 Å². The van der Waals surface area contributed by atoms with Gasteiger partial charge in [-0.05, 0) is 18.6 Å². The van der Waals surface area contributed by atoms with E-state index >= 15 is 0 Å². The first kappa shape index (κ1) is 17.3. The van der Waals surface area contributed by atoms with Crippen molar-refractivity contribution in [3.63, 3.8) is 0 Å². The second kappa shape index (κ2) is 7.87. The van der Waals surface area contributed by atoms with Crippen LogP contribution in [0.15, 0.2) is 24.3 Å². The molecule has 7 heteroatoms. The van der Waals surface area contributed by atoms with E-state index in [1.165, 1.54) is 0 Å². The number of nitrogens with zero attached hydrogens (tertiary/aromatic N) is 1. The molecule has 0 amide bonds. The lowest BCUT2D eigenvalue weighted by atomic mass is 10.2. The van der Waals surface area contributed by atoms with Gasteiger partial charge in [-0.2, -0.15) is 0 Å². The molecule has 1 aromatic rings. The van der Waals surface area contributed by atoms with Gasteiger partial charge in [0.05, 0.1) is 23.5 Å². The molecule has 3 N–H and O–H groups in total. The Hall–Kier alpha value is -1.76. The third-order valence-electron chi connectivity index (χ3n) is 3.06. The molecule has 118 valence electrons. The molecule has 0 unspecified atom stereocenters. The number of carbonyl (C=O) groups is 1. The van der Waals surface area contributed by atoms with Gasteiger partial charge in [0.2, 0.25) is 0 Å². The summed E-state index contributed by atoms with van der Waals surface area (Å²) in [5, 5.41) is 8.81. The molecule has 0 bridgehead atoms. The lowest BCUT2D eigenvalue weighted by Crippen LogP contribution is -2.32. The summed E-state index contributed by atoms with van der Waals surface area (Å²) < 4.78 is 23.6. The predicted molar refractivity (Wildman–Crippen MR) is 84.3 cm³/mol. The summed E-state index contributed by atoms with van der Waals surface area (Å²) in [6.45, 7) is 2.28. The average molecular weight is 314 g/mol. The lowest BCUT2D eigenvalue weighted by molar-refractivity contribution is -0.136. The van der Waals surface area contributed by atoms with Crippen LogP contribution in [0.2, 0.25) is 0 Å². The highest BCUT2D eigenvalue weighted by Gasteiger charge is 2.16. The molecule has 21 heavy (non-hydrogen) atoms. The molecule has 0 saturated carbocycles. The first-order valence-corrected chi connectivity index (χ1v) is 8.69. The highest BCUT2D eigenvalue weighted by Crippen LogP contribution is 2.22. The lowest BCUT2D eigenvalue weighted by Gasteiger charge is -2.25. The number of carboxylic acid groups (broad SMARTS) is 1.